The number of hydrogen-bond donors (Lipinski definition) is 2. The summed E-state index contributed by atoms with van der Waals surface area (Å²) in [4.78, 5) is 0.308. The van der Waals surface area contributed by atoms with Crippen LogP contribution in [0.1, 0.15) is 12.0 Å². The highest BCUT2D eigenvalue weighted by molar-refractivity contribution is 7.80. The average Bonchev–Trinajstić information content (AvgIpc) is 2.37. The van der Waals surface area contributed by atoms with Crippen molar-refractivity contribution in [2.75, 3.05) is 38.8 Å². The molecular weight excluding hydrogens is 284 g/mol. The van der Waals surface area contributed by atoms with Gasteiger partial charge in [0.25, 0.3) is 0 Å². The third kappa shape index (κ3) is 6.20. The molecule has 0 unspecified atom stereocenters. The Balaban J connectivity index is 2.26. The molecule has 0 aliphatic carbocycles. The van der Waals surface area contributed by atoms with Gasteiger partial charge in [0.1, 0.15) is 4.99 Å². The Kier molecular flexibility index (Phi) is 7.74. The van der Waals surface area contributed by atoms with Crippen molar-refractivity contribution in [1.82, 2.24) is 0 Å². The zero-order valence-electron chi connectivity index (χ0n) is 10.9. The Morgan fingerprint density at radius 3 is 2.79 bits per heavy atom. The highest BCUT2D eigenvalue weighted by Gasteiger charge is 2.03. The van der Waals surface area contributed by atoms with E-state index in [4.69, 9.17) is 39.0 Å². The first kappa shape index (κ1) is 16.2. The van der Waals surface area contributed by atoms with E-state index >= 15 is 0 Å². The third-order valence-electron chi connectivity index (χ3n) is 2.46. The fourth-order valence-corrected chi connectivity index (χ4v) is 1.99. The minimum Gasteiger partial charge on any atom is -0.389 e. The van der Waals surface area contributed by atoms with Crippen molar-refractivity contribution >= 4 is 34.5 Å². The molecule has 3 N–H and O–H groups in total. The van der Waals surface area contributed by atoms with Gasteiger partial charge in [-0.05, 0) is 24.6 Å². The summed E-state index contributed by atoms with van der Waals surface area (Å²) in [5, 5.41) is 3.83. The summed E-state index contributed by atoms with van der Waals surface area (Å²) >= 11 is 11.0. The van der Waals surface area contributed by atoms with Crippen LogP contribution in [-0.2, 0) is 9.47 Å². The minimum absolute atomic E-state index is 0.308. The quantitative estimate of drug-likeness (QED) is 0.542. The molecule has 1 rings (SSSR count). The molecule has 0 amide bonds. The Hall–Kier alpha value is -0.880. The zero-order valence-corrected chi connectivity index (χ0v) is 12.5. The number of halogens is 1. The lowest BCUT2D eigenvalue weighted by atomic mass is 10.2. The largest absolute Gasteiger partial charge is 0.389 e. The van der Waals surface area contributed by atoms with Crippen LogP contribution in [0, 0.1) is 0 Å². The topological polar surface area (TPSA) is 56.5 Å². The first-order valence-corrected chi connectivity index (χ1v) is 6.83. The van der Waals surface area contributed by atoms with Crippen molar-refractivity contribution < 1.29 is 9.47 Å². The summed E-state index contributed by atoms with van der Waals surface area (Å²) in [6.45, 7) is 2.78. The van der Waals surface area contributed by atoms with Crippen LogP contribution in [0.25, 0.3) is 0 Å². The number of ether oxygens (including phenoxy) is 2. The molecule has 0 bridgehead atoms. The number of rotatable bonds is 9. The lowest BCUT2D eigenvalue weighted by molar-refractivity contribution is 0.0705. The highest BCUT2D eigenvalue weighted by atomic mass is 35.5. The Bertz CT molecular complexity index is 416. The van der Waals surface area contributed by atoms with Gasteiger partial charge in [-0.3, -0.25) is 0 Å². The molecule has 0 aliphatic rings. The fraction of sp³-hybridized carbons (Fsp3) is 0.462. The predicted octanol–water partition coefficient (Wildman–Crippen LogP) is 2.44. The summed E-state index contributed by atoms with van der Waals surface area (Å²) in [7, 11) is 1.66. The molecule has 0 spiro atoms. The van der Waals surface area contributed by atoms with Crippen molar-refractivity contribution in [2.45, 2.75) is 6.42 Å². The van der Waals surface area contributed by atoms with Crippen LogP contribution in [0.5, 0.6) is 0 Å². The number of methoxy groups -OCH3 is 1. The molecule has 1 aromatic rings. The minimum atomic E-state index is 0.308. The highest BCUT2D eigenvalue weighted by Crippen LogP contribution is 2.20. The number of thiocarbonyl (C=S) groups is 1. The van der Waals surface area contributed by atoms with Gasteiger partial charge in [-0.25, -0.2) is 0 Å². The number of anilines is 1. The van der Waals surface area contributed by atoms with E-state index in [2.05, 4.69) is 5.32 Å². The van der Waals surface area contributed by atoms with Gasteiger partial charge in [0.05, 0.1) is 18.2 Å². The van der Waals surface area contributed by atoms with E-state index in [9.17, 15) is 0 Å². The molecule has 0 fully saturated rings. The van der Waals surface area contributed by atoms with Crippen LogP contribution in [0.15, 0.2) is 18.2 Å². The molecule has 6 heteroatoms. The number of nitrogens with two attached hydrogens (primary N) is 1. The van der Waals surface area contributed by atoms with Crippen LogP contribution in [-0.4, -0.2) is 38.5 Å². The molecule has 4 nitrogen and oxygen atoms in total. The maximum Gasteiger partial charge on any atom is 0.105 e. The molecule has 0 saturated carbocycles. The fourth-order valence-electron chi connectivity index (χ4n) is 1.48. The van der Waals surface area contributed by atoms with Crippen LogP contribution < -0.4 is 11.1 Å². The van der Waals surface area contributed by atoms with Crippen LogP contribution >= 0.6 is 23.8 Å². The monoisotopic (exact) mass is 302 g/mol. The summed E-state index contributed by atoms with van der Waals surface area (Å²) in [6.07, 6.45) is 0.915. The van der Waals surface area contributed by atoms with Gasteiger partial charge in [0.2, 0.25) is 0 Å². The van der Waals surface area contributed by atoms with Crippen molar-refractivity contribution in [1.29, 1.82) is 0 Å². The van der Waals surface area contributed by atoms with Crippen LogP contribution in [0.2, 0.25) is 5.02 Å². The first-order chi connectivity index (χ1) is 9.15. The second kappa shape index (κ2) is 9.09. The van der Waals surface area contributed by atoms with Gasteiger partial charge in [0, 0.05) is 31.5 Å². The van der Waals surface area contributed by atoms with Gasteiger partial charge < -0.3 is 20.5 Å². The lowest BCUT2D eigenvalue weighted by Gasteiger charge is -2.09. The third-order valence-corrected chi connectivity index (χ3v) is 2.99. The smallest absolute Gasteiger partial charge is 0.105 e. The lowest BCUT2D eigenvalue weighted by Crippen LogP contribution is -2.11. The van der Waals surface area contributed by atoms with Gasteiger partial charge >= 0.3 is 0 Å². The van der Waals surface area contributed by atoms with Crippen molar-refractivity contribution in [3.05, 3.63) is 28.8 Å². The van der Waals surface area contributed by atoms with E-state index in [0.29, 0.717) is 35.4 Å². The number of hydrogen-bond acceptors (Lipinski definition) is 4. The average molecular weight is 303 g/mol. The Morgan fingerprint density at radius 1 is 1.37 bits per heavy atom. The standard InChI is InChI=1S/C13H19ClN2O2S/c1-17-7-8-18-6-2-5-16-10-3-4-11(13(15)19)12(14)9-10/h3-4,9,16H,2,5-8H2,1H3,(H2,15,19). The van der Waals surface area contributed by atoms with E-state index in [1.54, 1.807) is 7.11 Å². The molecule has 1 aromatic carbocycles. The summed E-state index contributed by atoms with van der Waals surface area (Å²) < 4.78 is 10.2. The van der Waals surface area contributed by atoms with Crippen molar-refractivity contribution in [2.24, 2.45) is 5.73 Å². The van der Waals surface area contributed by atoms with E-state index in [1.807, 2.05) is 18.2 Å². The molecular formula is C13H19ClN2O2S. The maximum atomic E-state index is 6.08. The molecule has 0 heterocycles. The maximum absolute atomic E-state index is 6.08. The second-order valence-corrected chi connectivity index (χ2v) is 4.79. The molecule has 0 atom stereocenters. The Morgan fingerprint density at radius 2 is 2.16 bits per heavy atom. The molecule has 0 radical (unpaired) electrons. The van der Waals surface area contributed by atoms with Crippen LogP contribution in [0.4, 0.5) is 5.69 Å². The summed E-state index contributed by atoms with van der Waals surface area (Å²) in [6, 6.07) is 5.55. The van der Waals surface area contributed by atoms with Gasteiger partial charge in [0.15, 0.2) is 0 Å². The van der Waals surface area contributed by atoms with Crippen LogP contribution in [0.3, 0.4) is 0 Å². The van der Waals surface area contributed by atoms with E-state index in [1.165, 1.54) is 0 Å². The predicted molar refractivity (Wildman–Crippen MR) is 83.1 cm³/mol. The molecule has 0 aliphatic heterocycles. The van der Waals surface area contributed by atoms with Crippen molar-refractivity contribution in [3.63, 3.8) is 0 Å². The SMILES string of the molecule is COCCOCCCNc1ccc(C(N)=S)c(Cl)c1. The normalized spacial score (nSPS) is 10.4. The number of nitrogens with one attached hydrogen (secondary N) is 1. The Labute approximate surface area is 124 Å². The van der Waals surface area contributed by atoms with Gasteiger partial charge in [-0.2, -0.15) is 0 Å². The van der Waals surface area contributed by atoms with E-state index in [-0.39, 0.29) is 0 Å². The molecule has 106 valence electrons. The van der Waals surface area contributed by atoms with Crippen molar-refractivity contribution in [3.8, 4) is 0 Å². The first-order valence-electron chi connectivity index (χ1n) is 6.05. The zero-order chi connectivity index (χ0) is 14.1. The summed E-state index contributed by atoms with van der Waals surface area (Å²) in [5.41, 5.74) is 7.19. The second-order valence-electron chi connectivity index (χ2n) is 3.94. The van der Waals surface area contributed by atoms with Gasteiger partial charge in [-0.1, -0.05) is 23.8 Å². The number of benzene rings is 1. The van der Waals surface area contributed by atoms with E-state index < -0.39 is 0 Å². The summed E-state index contributed by atoms with van der Waals surface area (Å²) in [5.74, 6) is 0. The molecule has 19 heavy (non-hydrogen) atoms. The van der Waals surface area contributed by atoms with Gasteiger partial charge in [-0.15, -0.1) is 0 Å². The molecule has 0 aromatic heterocycles. The molecule has 0 saturated heterocycles. The van der Waals surface area contributed by atoms with E-state index in [0.717, 1.165) is 18.7 Å².